The molecular formula is C26H34. The zero-order valence-corrected chi connectivity index (χ0v) is 17.3. The molecule has 0 heterocycles. The highest BCUT2D eigenvalue weighted by Gasteiger charge is 2.24. The lowest BCUT2D eigenvalue weighted by Gasteiger charge is -2.29. The van der Waals surface area contributed by atoms with E-state index in [4.69, 9.17) is 0 Å². The van der Waals surface area contributed by atoms with E-state index in [9.17, 15) is 0 Å². The van der Waals surface area contributed by atoms with Gasteiger partial charge in [0.25, 0.3) is 0 Å². The summed E-state index contributed by atoms with van der Waals surface area (Å²) in [7, 11) is 0. The molecule has 2 aromatic carbocycles. The molecule has 0 spiro atoms. The first kappa shape index (κ1) is 21.7. The minimum Gasteiger partial charge on any atom is -0.0988 e. The normalized spacial score (nSPS) is 18.8. The standard InChI is InChI=1S/C13H18.C11H10.C2H6/c1-5-12(6-2)13(4)9-7-11(3)8-10-13;1-9-6-7-10-4-2-3-5-11(10)8-9;1-2/h5-9H,1,10H2,2-4H3;2-8H,1H3;1-2H3/b12-6+;;. The molecule has 1 unspecified atom stereocenters. The second-order valence-electron chi connectivity index (χ2n) is 6.70. The molecule has 0 heteroatoms. The molecule has 1 atom stereocenters. The molecule has 0 saturated carbocycles. The Kier molecular flexibility index (Phi) is 8.85. The fraction of sp³-hybridized carbons (Fsp3) is 0.308. The van der Waals surface area contributed by atoms with Gasteiger partial charge >= 0.3 is 0 Å². The van der Waals surface area contributed by atoms with Crippen LogP contribution in [0.2, 0.25) is 0 Å². The van der Waals surface area contributed by atoms with E-state index in [0.29, 0.717) is 0 Å². The van der Waals surface area contributed by atoms with Crippen LogP contribution in [0.4, 0.5) is 0 Å². The molecule has 26 heavy (non-hydrogen) atoms. The lowest BCUT2D eigenvalue weighted by molar-refractivity contribution is 0.527. The molecule has 0 amide bonds. The summed E-state index contributed by atoms with van der Waals surface area (Å²) in [5.41, 5.74) is 4.16. The van der Waals surface area contributed by atoms with Crippen LogP contribution in [0.1, 0.15) is 46.6 Å². The van der Waals surface area contributed by atoms with Gasteiger partial charge in [-0.3, -0.25) is 0 Å². The van der Waals surface area contributed by atoms with Crippen molar-refractivity contribution in [2.24, 2.45) is 5.41 Å². The quantitative estimate of drug-likeness (QED) is 0.481. The molecule has 0 bridgehead atoms. The van der Waals surface area contributed by atoms with Crippen molar-refractivity contribution in [3.63, 3.8) is 0 Å². The molecular weight excluding hydrogens is 312 g/mol. The summed E-state index contributed by atoms with van der Waals surface area (Å²) >= 11 is 0. The van der Waals surface area contributed by atoms with E-state index in [1.54, 1.807) is 0 Å². The number of rotatable bonds is 2. The van der Waals surface area contributed by atoms with Gasteiger partial charge in [-0.15, -0.1) is 0 Å². The van der Waals surface area contributed by atoms with Gasteiger partial charge in [0.1, 0.15) is 0 Å². The van der Waals surface area contributed by atoms with Crippen molar-refractivity contribution in [1.29, 1.82) is 0 Å². The molecule has 0 fully saturated rings. The summed E-state index contributed by atoms with van der Waals surface area (Å²) in [4.78, 5) is 0. The van der Waals surface area contributed by atoms with Crippen molar-refractivity contribution in [2.45, 2.75) is 48.0 Å². The fourth-order valence-electron chi connectivity index (χ4n) is 3.03. The summed E-state index contributed by atoms with van der Waals surface area (Å²) in [6.45, 7) is 16.4. The first-order valence-corrected chi connectivity index (χ1v) is 9.59. The lowest BCUT2D eigenvalue weighted by Crippen LogP contribution is -2.16. The summed E-state index contributed by atoms with van der Waals surface area (Å²) < 4.78 is 0. The lowest BCUT2D eigenvalue weighted by atomic mass is 9.75. The second-order valence-corrected chi connectivity index (χ2v) is 6.70. The van der Waals surface area contributed by atoms with E-state index in [2.05, 4.69) is 101 Å². The highest BCUT2D eigenvalue weighted by atomic mass is 14.3. The van der Waals surface area contributed by atoms with Crippen molar-refractivity contribution in [3.8, 4) is 0 Å². The Balaban J connectivity index is 0.000000239. The van der Waals surface area contributed by atoms with E-state index in [-0.39, 0.29) is 5.41 Å². The van der Waals surface area contributed by atoms with Crippen LogP contribution < -0.4 is 0 Å². The number of allylic oxidation sites excluding steroid dienone is 7. The Morgan fingerprint density at radius 2 is 1.69 bits per heavy atom. The molecule has 0 aliphatic heterocycles. The highest BCUT2D eigenvalue weighted by molar-refractivity contribution is 5.82. The van der Waals surface area contributed by atoms with Gasteiger partial charge in [-0.25, -0.2) is 0 Å². The monoisotopic (exact) mass is 346 g/mol. The van der Waals surface area contributed by atoms with Crippen molar-refractivity contribution in [2.75, 3.05) is 0 Å². The van der Waals surface area contributed by atoms with Gasteiger partial charge in [-0.2, -0.15) is 0 Å². The molecule has 0 N–H and O–H groups in total. The van der Waals surface area contributed by atoms with Crippen LogP contribution in [0.25, 0.3) is 10.8 Å². The zero-order chi connectivity index (χ0) is 19.6. The predicted octanol–water partition coefficient (Wildman–Crippen LogP) is 8.21. The Morgan fingerprint density at radius 3 is 2.23 bits per heavy atom. The number of fused-ring (bicyclic) bond motifs is 1. The van der Waals surface area contributed by atoms with Gasteiger partial charge in [0.15, 0.2) is 0 Å². The third kappa shape index (κ3) is 5.88. The number of hydrogen-bond acceptors (Lipinski definition) is 0. The Labute approximate surface area is 160 Å². The van der Waals surface area contributed by atoms with Crippen LogP contribution in [0, 0.1) is 12.3 Å². The summed E-state index contributed by atoms with van der Waals surface area (Å²) in [6.07, 6.45) is 11.9. The molecule has 1 aliphatic carbocycles. The smallest absolute Gasteiger partial charge is 0.0138 e. The maximum atomic E-state index is 3.85. The second kappa shape index (κ2) is 10.6. The minimum absolute atomic E-state index is 0.163. The van der Waals surface area contributed by atoms with Crippen LogP contribution in [0.15, 0.2) is 90.6 Å². The largest absolute Gasteiger partial charge is 0.0988 e. The van der Waals surface area contributed by atoms with Crippen molar-refractivity contribution < 1.29 is 0 Å². The van der Waals surface area contributed by atoms with E-state index >= 15 is 0 Å². The zero-order valence-electron chi connectivity index (χ0n) is 17.3. The molecule has 0 aromatic heterocycles. The highest BCUT2D eigenvalue weighted by Crippen LogP contribution is 2.37. The third-order valence-corrected chi connectivity index (χ3v) is 4.66. The van der Waals surface area contributed by atoms with Gasteiger partial charge in [0.2, 0.25) is 0 Å². The topological polar surface area (TPSA) is 0 Å². The summed E-state index contributed by atoms with van der Waals surface area (Å²) in [6, 6.07) is 14.9. The van der Waals surface area contributed by atoms with Gasteiger partial charge in [0.05, 0.1) is 0 Å². The molecule has 0 nitrogen and oxygen atoms in total. The van der Waals surface area contributed by atoms with Crippen LogP contribution in [0.5, 0.6) is 0 Å². The van der Waals surface area contributed by atoms with Crippen molar-refractivity contribution in [1.82, 2.24) is 0 Å². The van der Waals surface area contributed by atoms with Crippen LogP contribution in [0.3, 0.4) is 0 Å². The molecule has 2 aromatic rings. The molecule has 138 valence electrons. The Hall–Kier alpha value is -2.34. The van der Waals surface area contributed by atoms with Crippen molar-refractivity contribution in [3.05, 3.63) is 96.1 Å². The minimum atomic E-state index is 0.163. The van der Waals surface area contributed by atoms with E-state index < -0.39 is 0 Å². The first-order chi connectivity index (χ1) is 12.5. The summed E-state index contributed by atoms with van der Waals surface area (Å²) in [5.74, 6) is 0. The summed E-state index contributed by atoms with van der Waals surface area (Å²) in [5, 5.41) is 2.64. The van der Waals surface area contributed by atoms with E-state index in [0.717, 1.165) is 6.42 Å². The van der Waals surface area contributed by atoms with E-state index in [1.165, 1.54) is 27.5 Å². The van der Waals surface area contributed by atoms with Crippen LogP contribution in [-0.4, -0.2) is 0 Å². The maximum absolute atomic E-state index is 3.85. The number of hydrogen-bond donors (Lipinski definition) is 0. The number of benzene rings is 2. The fourth-order valence-corrected chi connectivity index (χ4v) is 3.03. The third-order valence-electron chi connectivity index (χ3n) is 4.66. The maximum Gasteiger partial charge on any atom is 0.0138 e. The first-order valence-electron chi connectivity index (χ1n) is 9.59. The molecule has 0 saturated heterocycles. The van der Waals surface area contributed by atoms with Gasteiger partial charge < -0.3 is 0 Å². The predicted molar refractivity (Wildman–Crippen MR) is 120 cm³/mol. The van der Waals surface area contributed by atoms with Gasteiger partial charge in [-0.05, 0) is 43.5 Å². The molecule has 3 rings (SSSR count). The molecule has 0 radical (unpaired) electrons. The SMILES string of the molecule is C=C/C(=C\C)C1(C)C=CC(C)=CC1.CC.Cc1ccc2ccccc2c1. The Morgan fingerprint density at radius 1 is 1.04 bits per heavy atom. The van der Waals surface area contributed by atoms with Crippen LogP contribution in [-0.2, 0) is 0 Å². The van der Waals surface area contributed by atoms with Crippen LogP contribution >= 0.6 is 0 Å². The van der Waals surface area contributed by atoms with Crippen molar-refractivity contribution >= 4 is 10.8 Å². The Bertz CT molecular complexity index is 802. The number of aryl methyl sites for hydroxylation is 1. The van der Waals surface area contributed by atoms with Gasteiger partial charge in [-0.1, -0.05) is 111 Å². The average Bonchev–Trinajstić information content (AvgIpc) is 2.67. The van der Waals surface area contributed by atoms with Gasteiger partial charge in [0, 0.05) is 5.41 Å². The van der Waals surface area contributed by atoms with E-state index in [1.807, 2.05) is 19.9 Å². The average molecular weight is 347 g/mol. The molecule has 1 aliphatic rings.